The molecule has 0 saturated heterocycles. The minimum Gasteiger partial charge on any atom is -0.480 e. The number of benzene rings is 2. The Morgan fingerprint density at radius 1 is 1.26 bits per heavy atom. The standard InChI is InChI=1S/C18H13Cl2FN2O3S/c1-2-13(17(25)26)23-14-5-3-4-12(21)15(14)27-18(23)22-16(24)9-6-7-10(19)11(20)8-9/h3-8,13H,2H2,1H3,(H,25,26)/b22-18-. The number of aromatic nitrogens is 1. The maximum Gasteiger partial charge on any atom is 0.326 e. The molecule has 3 rings (SSSR count). The van der Waals surface area contributed by atoms with Crippen LogP contribution in [0.3, 0.4) is 0 Å². The van der Waals surface area contributed by atoms with Crippen LogP contribution in [0.4, 0.5) is 4.39 Å². The topological polar surface area (TPSA) is 71.7 Å². The summed E-state index contributed by atoms with van der Waals surface area (Å²) in [5.74, 6) is -2.23. The third-order valence-corrected chi connectivity index (χ3v) is 5.77. The van der Waals surface area contributed by atoms with Crippen molar-refractivity contribution in [3.05, 3.63) is 62.6 Å². The zero-order valence-electron chi connectivity index (χ0n) is 13.9. The lowest BCUT2D eigenvalue weighted by molar-refractivity contribution is -0.140. The molecule has 0 bridgehead atoms. The lowest BCUT2D eigenvalue weighted by Crippen LogP contribution is -2.27. The molecule has 0 spiro atoms. The first kappa shape index (κ1) is 19.5. The fourth-order valence-electron chi connectivity index (χ4n) is 2.66. The number of carboxylic acid groups (broad SMARTS) is 1. The molecule has 1 amide bonds. The van der Waals surface area contributed by atoms with E-state index in [0.29, 0.717) is 10.5 Å². The van der Waals surface area contributed by atoms with Crippen LogP contribution in [-0.4, -0.2) is 21.6 Å². The minimum absolute atomic E-state index is 0.0976. The summed E-state index contributed by atoms with van der Waals surface area (Å²) < 4.78 is 15.8. The Morgan fingerprint density at radius 3 is 2.63 bits per heavy atom. The Kier molecular flexibility index (Phi) is 5.64. The molecule has 0 aliphatic carbocycles. The molecule has 1 N–H and O–H groups in total. The van der Waals surface area contributed by atoms with Crippen LogP contribution < -0.4 is 4.80 Å². The number of fused-ring (bicyclic) bond motifs is 1. The van der Waals surface area contributed by atoms with E-state index in [-0.39, 0.29) is 26.5 Å². The van der Waals surface area contributed by atoms with Crippen LogP contribution >= 0.6 is 34.5 Å². The van der Waals surface area contributed by atoms with Crippen LogP contribution in [0.5, 0.6) is 0 Å². The SMILES string of the molecule is CCC(C(=O)O)n1/c(=N/C(=O)c2ccc(Cl)c(Cl)c2)sc2c(F)cccc21. The largest absolute Gasteiger partial charge is 0.480 e. The van der Waals surface area contributed by atoms with Crippen molar-refractivity contribution in [2.45, 2.75) is 19.4 Å². The summed E-state index contributed by atoms with van der Waals surface area (Å²) in [5, 5.41) is 10.0. The molecule has 0 aliphatic rings. The lowest BCUT2D eigenvalue weighted by atomic mass is 10.2. The van der Waals surface area contributed by atoms with Crippen molar-refractivity contribution < 1.29 is 19.1 Å². The maximum absolute atomic E-state index is 14.2. The number of amides is 1. The number of nitrogens with zero attached hydrogens (tertiary/aromatic N) is 2. The Labute approximate surface area is 167 Å². The molecule has 3 aromatic rings. The van der Waals surface area contributed by atoms with Gasteiger partial charge in [-0.3, -0.25) is 4.79 Å². The summed E-state index contributed by atoms with van der Waals surface area (Å²) in [6, 6.07) is 7.69. The molecule has 27 heavy (non-hydrogen) atoms. The third-order valence-electron chi connectivity index (χ3n) is 3.95. The third kappa shape index (κ3) is 3.76. The Hall–Kier alpha value is -2.22. The Bertz CT molecular complexity index is 1120. The molecule has 1 aromatic heterocycles. The van der Waals surface area contributed by atoms with Crippen molar-refractivity contribution in [1.29, 1.82) is 0 Å². The fourth-order valence-corrected chi connectivity index (χ4v) is 4.03. The number of hydrogen-bond acceptors (Lipinski definition) is 3. The van der Waals surface area contributed by atoms with E-state index in [4.69, 9.17) is 23.2 Å². The average Bonchev–Trinajstić information content (AvgIpc) is 2.97. The zero-order chi connectivity index (χ0) is 19.7. The van der Waals surface area contributed by atoms with Gasteiger partial charge in [-0.1, -0.05) is 47.5 Å². The molecule has 0 fully saturated rings. The van der Waals surface area contributed by atoms with Gasteiger partial charge in [-0.05, 0) is 36.8 Å². The molecule has 1 unspecified atom stereocenters. The average molecular weight is 427 g/mol. The van der Waals surface area contributed by atoms with Crippen LogP contribution in [0.25, 0.3) is 10.2 Å². The molecule has 1 atom stereocenters. The highest BCUT2D eigenvalue weighted by atomic mass is 35.5. The van der Waals surface area contributed by atoms with Gasteiger partial charge in [-0.25, -0.2) is 9.18 Å². The van der Waals surface area contributed by atoms with Gasteiger partial charge in [0, 0.05) is 5.56 Å². The van der Waals surface area contributed by atoms with E-state index in [1.807, 2.05) is 0 Å². The fraction of sp³-hybridized carbons (Fsp3) is 0.167. The van der Waals surface area contributed by atoms with Gasteiger partial charge in [-0.2, -0.15) is 4.99 Å². The quantitative estimate of drug-likeness (QED) is 0.642. The zero-order valence-corrected chi connectivity index (χ0v) is 16.3. The number of carbonyl (C=O) groups excluding carboxylic acids is 1. The van der Waals surface area contributed by atoms with Gasteiger partial charge >= 0.3 is 5.97 Å². The molecule has 1 heterocycles. The summed E-state index contributed by atoms with van der Waals surface area (Å²) >= 11 is 12.7. The second-order valence-corrected chi connectivity index (χ2v) is 7.44. The molecule has 0 radical (unpaired) electrons. The van der Waals surface area contributed by atoms with Crippen LogP contribution in [0.15, 0.2) is 41.4 Å². The van der Waals surface area contributed by atoms with Crippen molar-refractivity contribution in [2.75, 3.05) is 0 Å². The minimum atomic E-state index is -1.09. The van der Waals surface area contributed by atoms with Crippen LogP contribution in [0.2, 0.25) is 10.0 Å². The lowest BCUT2D eigenvalue weighted by Gasteiger charge is -2.13. The summed E-state index contributed by atoms with van der Waals surface area (Å²) in [6.07, 6.45) is 0.242. The number of carbonyl (C=O) groups is 2. The van der Waals surface area contributed by atoms with E-state index in [9.17, 15) is 19.1 Å². The van der Waals surface area contributed by atoms with E-state index in [0.717, 1.165) is 11.3 Å². The summed E-state index contributed by atoms with van der Waals surface area (Å²) in [7, 11) is 0. The predicted octanol–water partition coefficient (Wildman–Crippen LogP) is 4.93. The van der Waals surface area contributed by atoms with Crippen molar-refractivity contribution in [3.63, 3.8) is 0 Å². The van der Waals surface area contributed by atoms with Crippen LogP contribution in [-0.2, 0) is 4.79 Å². The predicted molar refractivity (Wildman–Crippen MR) is 103 cm³/mol. The second-order valence-electron chi connectivity index (χ2n) is 5.65. The molecular weight excluding hydrogens is 414 g/mol. The van der Waals surface area contributed by atoms with Crippen molar-refractivity contribution in [2.24, 2.45) is 4.99 Å². The Morgan fingerprint density at radius 2 is 2.00 bits per heavy atom. The number of carboxylic acids is 1. The summed E-state index contributed by atoms with van der Waals surface area (Å²) in [4.78, 5) is 28.4. The highest BCUT2D eigenvalue weighted by molar-refractivity contribution is 7.16. The normalized spacial score (nSPS) is 13.1. The highest BCUT2D eigenvalue weighted by Gasteiger charge is 2.23. The van der Waals surface area contributed by atoms with Gasteiger partial charge < -0.3 is 9.67 Å². The monoisotopic (exact) mass is 426 g/mol. The van der Waals surface area contributed by atoms with E-state index in [1.54, 1.807) is 13.0 Å². The summed E-state index contributed by atoms with van der Waals surface area (Å²) in [5.41, 5.74) is 0.562. The first-order valence-corrected chi connectivity index (χ1v) is 9.47. The second kappa shape index (κ2) is 7.80. The smallest absolute Gasteiger partial charge is 0.326 e. The van der Waals surface area contributed by atoms with E-state index in [1.165, 1.54) is 34.9 Å². The number of halogens is 3. The van der Waals surface area contributed by atoms with Crippen molar-refractivity contribution in [1.82, 2.24) is 4.57 Å². The van der Waals surface area contributed by atoms with Crippen molar-refractivity contribution in [3.8, 4) is 0 Å². The van der Waals surface area contributed by atoms with Gasteiger partial charge in [0.1, 0.15) is 11.9 Å². The van der Waals surface area contributed by atoms with Gasteiger partial charge in [-0.15, -0.1) is 0 Å². The summed E-state index contributed by atoms with van der Waals surface area (Å²) in [6.45, 7) is 1.69. The van der Waals surface area contributed by atoms with Gasteiger partial charge in [0.05, 0.1) is 20.3 Å². The first-order chi connectivity index (χ1) is 12.8. The first-order valence-electron chi connectivity index (χ1n) is 7.90. The van der Waals surface area contributed by atoms with Crippen molar-refractivity contribution >= 4 is 56.6 Å². The number of rotatable bonds is 4. The molecule has 0 aliphatic heterocycles. The van der Waals surface area contributed by atoms with E-state index >= 15 is 0 Å². The molecular formula is C18H13Cl2FN2O3S. The van der Waals surface area contributed by atoms with Gasteiger partial charge in [0.15, 0.2) is 4.80 Å². The number of aliphatic carboxylic acids is 1. The van der Waals surface area contributed by atoms with Crippen LogP contribution in [0, 0.1) is 5.82 Å². The molecule has 2 aromatic carbocycles. The van der Waals surface area contributed by atoms with E-state index < -0.39 is 23.7 Å². The van der Waals surface area contributed by atoms with E-state index in [2.05, 4.69) is 4.99 Å². The highest BCUT2D eigenvalue weighted by Crippen LogP contribution is 2.26. The van der Waals surface area contributed by atoms with Gasteiger partial charge in [0.2, 0.25) is 0 Å². The molecule has 9 heteroatoms. The molecule has 140 valence electrons. The maximum atomic E-state index is 14.2. The van der Waals surface area contributed by atoms with Gasteiger partial charge in [0.25, 0.3) is 5.91 Å². The van der Waals surface area contributed by atoms with Crippen LogP contribution in [0.1, 0.15) is 29.7 Å². The molecule has 5 nitrogen and oxygen atoms in total. The molecule has 0 saturated carbocycles. The Balaban J connectivity index is 2.24. The number of thiazole rings is 1. The number of hydrogen-bond donors (Lipinski definition) is 1.